The van der Waals surface area contributed by atoms with E-state index in [2.05, 4.69) is 10.6 Å². The van der Waals surface area contributed by atoms with Crippen LogP contribution in [0.4, 0.5) is 11.4 Å². The van der Waals surface area contributed by atoms with Gasteiger partial charge in [-0.1, -0.05) is 35.9 Å². The lowest BCUT2D eigenvalue weighted by molar-refractivity contribution is -0.118. The molecule has 1 unspecified atom stereocenters. The molecule has 3 aromatic rings. The zero-order valence-corrected chi connectivity index (χ0v) is 17.9. The van der Waals surface area contributed by atoms with Gasteiger partial charge < -0.3 is 15.4 Å². The van der Waals surface area contributed by atoms with E-state index in [1.54, 1.807) is 42.5 Å². The largest absolute Gasteiger partial charge is 0.484 e. The van der Waals surface area contributed by atoms with Gasteiger partial charge in [-0.05, 0) is 61.5 Å². The van der Waals surface area contributed by atoms with E-state index in [9.17, 15) is 9.59 Å². The summed E-state index contributed by atoms with van der Waals surface area (Å²) in [4.78, 5) is 25.4. The Morgan fingerprint density at radius 1 is 0.933 bits per heavy atom. The van der Waals surface area contributed by atoms with Gasteiger partial charge in [-0.25, -0.2) is 0 Å². The highest BCUT2D eigenvalue weighted by Crippen LogP contribution is 2.27. The zero-order chi connectivity index (χ0) is 21.3. The molecule has 154 valence electrons. The molecule has 2 N–H and O–H groups in total. The summed E-state index contributed by atoms with van der Waals surface area (Å²) in [6, 6.07) is 23.5. The minimum atomic E-state index is -0.326. The summed E-state index contributed by atoms with van der Waals surface area (Å²) >= 11 is 7.27. The van der Waals surface area contributed by atoms with Crippen molar-refractivity contribution in [2.24, 2.45) is 0 Å². The fraction of sp³-hybridized carbons (Fsp3) is 0.130. The van der Waals surface area contributed by atoms with Crippen molar-refractivity contribution >= 4 is 46.6 Å². The van der Waals surface area contributed by atoms with Crippen LogP contribution in [0, 0.1) is 0 Å². The lowest BCUT2D eigenvalue weighted by Crippen LogP contribution is -2.22. The molecule has 0 aliphatic carbocycles. The van der Waals surface area contributed by atoms with Crippen molar-refractivity contribution in [3.05, 3.63) is 83.9 Å². The Morgan fingerprint density at radius 3 is 2.40 bits per heavy atom. The minimum Gasteiger partial charge on any atom is -0.484 e. The first-order valence-corrected chi connectivity index (χ1v) is 10.6. The highest BCUT2D eigenvalue weighted by atomic mass is 35.5. The van der Waals surface area contributed by atoms with Gasteiger partial charge in [0.05, 0.1) is 5.25 Å². The number of rotatable bonds is 8. The Hall–Kier alpha value is -2.96. The normalized spacial score (nSPS) is 11.4. The molecule has 0 radical (unpaired) electrons. The molecule has 0 spiro atoms. The number of halogens is 1. The molecule has 3 rings (SSSR count). The van der Waals surface area contributed by atoms with Gasteiger partial charge in [0.25, 0.3) is 5.91 Å². The van der Waals surface area contributed by atoms with Gasteiger partial charge in [-0.3, -0.25) is 9.59 Å². The second kappa shape index (κ2) is 10.7. The third kappa shape index (κ3) is 6.83. The fourth-order valence-electron chi connectivity index (χ4n) is 2.54. The van der Waals surface area contributed by atoms with Gasteiger partial charge in [-0.2, -0.15) is 0 Å². The minimum absolute atomic E-state index is 0.0821. The maximum Gasteiger partial charge on any atom is 0.262 e. The van der Waals surface area contributed by atoms with Crippen LogP contribution in [0.25, 0.3) is 0 Å². The van der Waals surface area contributed by atoms with Gasteiger partial charge in [0, 0.05) is 21.3 Å². The molecular formula is C23H21ClN2O3S. The van der Waals surface area contributed by atoms with Crippen LogP contribution in [0.1, 0.15) is 6.92 Å². The maximum absolute atomic E-state index is 12.4. The molecule has 0 saturated carbocycles. The van der Waals surface area contributed by atoms with E-state index in [0.717, 1.165) is 4.90 Å². The number of carbonyl (C=O) groups excluding carboxylic acids is 2. The number of ether oxygens (including phenoxy) is 1. The number of amides is 2. The van der Waals surface area contributed by atoms with Crippen LogP contribution in [0.15, 0.2) is 83.8 Å². The molecule has 1 atom stereocenters. The molecule has 2 amide bonds. The Kier molecular flexibility index (Phi) is 7.76. The Balaban J connectivity index is 1.52. The molecule has 0 heterocycles. The van der Waals surface area contributed by atoms with Crippen LogP contribution in [0.2, 0.25) is 5.02 Å². The van der Waals surface area contributed by atoms with Crippen molar-refractivity contribution in [3.63, 3.8) is 0 Å². The predicted octanol–water partition coefficient (Wildman–Crippen LogP) is 5.48. The average molecular weight is 441 g/mol. The highest BCUT2D eigenvalue weighted by molar-refractivity contribution is 8.00. The first-order chi connectivity index (χ1) is 14.5. The van der Waals surface area contributed by atoms with Gasteiger partial charge in [0.15, 0.2) is 6.61 Å². The van der Waals surface area contributed by atoms with Gasteiger partial charge in [0.2, 0.25) is 5.91 Å². The SMILES string of the molecule is CC(Sc1cccc(NC(=O)COc2ccccc2)c1)C(=O)Nc1ccc(Cl)cc1. The molecular weight excluding hydrogens is 420 g/mol. The van der Waals surface area contributed by atoms with Gasteiger partial charge >= 0.3 is 0 Å². The average Bonchev–Trinajstić information content (AvgIpc) is 2.75. The first-order valence-electron chi connectivity index (χ1n) is 9.30. The Morgan fingerprint density at radius 2 is 1.67 bits per heavy atom. The second-order valence-corrected chi connectivity index (χ2v) is 8.28. The number of anilines is 2. The van der Waals surface area contributed by atoms with Crippen LogP contribution in [-0.2, 0) is 9.59 Å². The van der Waals surface area contributed by atoms with Crippen LogP contribution in [0.3, 0.4) is 0 Å². The third-order valence-electron chi connectivity index (χ3n) is 4.02. The Bertz CT molecular complexity index is 997. The third-order valence-corrected chi connectivity index (χ3v) is 5.37. The lowest BCUT2D eigenvalue weighted by Gasteiger charge is -2.13. The highest BCUT2D eigenvalue weighted by Gasteiger charge is 2.15. The van der Waals surface area contributed by atoms with Crippen molar-refractivity contribution in [3.8, 4) is 5.75 Å². The number of carbonyl (C=O) groups is 2. The summed E-state index contributed by atoms with van der Waals surface area (Å²) in [6.45, 7) is 1.75. The van der Waals surface area contributed by atoms with E-state index in [-0.39, 0.29) is 23.7 Å². The topological polar surface area (TPSA) is 67.4 Å². The number of hydrogen-bond acceptors (Lipinski definition) is 4. The maximum atomic E-state index is 12.4. The lowest BCUT2D eigenvalue weighted by atomic mass is 10.3. The molecule has 0 saturated heterocycles. The first kappa shape index (κ1) is 21.7. The van der Waals surface area contributed by atoms with Crippen LogP contribution in [-0.4, -0.2) is 23.7 Å². The molecule has 30 heavy (non-hydrogen) atoms. The van der Waals surface area contributed by atoms with Crippen molar-refractivity contribution in [2.45, 2.75) is 17.1 Å². The predicted molar refractivity (Wildman–Crippen MR) is 122 cm³/mol. The van der Waals surface area contributed by atoms with E-state index in [4.69, 9.17) is 16.3 Å². The molecule has 0 aliphatic rings. The van der Waals surface area contributed by atoms with Crippen molar-refractivity contribution in [1.29, 1.82) is 0 Å². The zero-order valence-electron chi connectivity index (χ0n) is 16.3. The van der Waals surface area contributed by atoms with E-state index in [0.29, 0.717) is 22.1 Å². The summed E-state index contributed by atoms with van der Waals surface area (Å²) in [6.07, 6.45) is 0. The molecule has 0 bridgehead atoms. The van der Waals surface area contributed by atoms with Crippen molar-refractivity contribution in [2.75, 3.05) is 17.2 Å². The van der Waals surface area contributed by atoms with Crippen molar-refractivity contribution < 1.29 is 14.3 Å². The molecule has 7 heteroatoms. The monoisotopic (exact) mass is 440 g/mol. The molecule has 0 aliphatic heterocycles. The second-order valence-electron chi connectivity index (χ2n) is 6.43. The van der Waals surface area contributed by atoms with Gasteiger partial charge in [-0.15, -0.1) is 11.8 Å². The summed E-state index contributed by atoms with van der Waals surface area (Å²) < 4.78 is 5.45. The molecule has 5 nitrogen and oxygen atoms in total. The fourth-order valence-corrected chi connectivity index (χ4v) is 3.60. The van der Waals surface area contributed by atoms with Crippen molar-refractivity contribution in [1.82, 2.24) is 0 Å². The smallest absolute Gasteiger partial charge is 0.262 e. The number of nitrogens with one attached hydrogen (secondary N) is 2. The number of para-hydroxylation sites is 1. The standard InChI is InChI=1S/C23H21ClN2O3S/c1-16(23(28)26-18-12-10-17(24)11-13-18)30-21-9-5-6-19(14-21)25-22(27)15-29-20-7-3-2-4-8-20/h2-14,16H,15H2,1H3,(H,25,27)(H,26,28). The summed E-state index contributed by atoms with van der Waals surface area (Å²) in [5, 5.41) is 5.96. The molecule has 3 aromatic carbocycles. The van der Waals surface area contributed by atoms with Gasteiger partial charge in [0.1, 0.15) is 5.75 Å². The summed E-state index contributed by atoms with van der Waals surface area (Å²) in [5.74, 6) is 0.264. The van der Waals surface area contributed by atoms with Crippen LogP contribution < -0.4 is 15.4 Å². The number of benzene rings is 3. The summed E-state index contributed by atoms with van der Waals surface area (Å²) in [7, 11) is 0. The van der Waals surface area contributed by atoms with E-state index >= 15 is 0 Å². The molecule has 0 aromatic heterocycles. The quantitative estimate of drug-likeness (QED) is 0.455. The summed E-state index contributed by atoms with van der Waals surface area (Å²) in [5.41, 5.74) is 1.34. The molecule has 0 fully saturated rings. The van der Waals surface area contributed by atoms with E-state index < -0.39 is 0 Å². The van der Waals surface area contributed by atoms with Crippen LogP contribution >= 0.6 is 23.4 Å². The Labute approximate surface area is 184 Å². The van der Waals surface area contributed by atoms with E-state index in [1.165, 1.54) is 11.8 Å². The van der Waals surface area contributed by atoms with Crippen LogP contribution in [0.5, 0.6) is 5.75 Å². The number of thioether (sulfide) groups is 1. The number of hydrogen-bond donors (Lipinski definition) is 2. The van der Waals surface area contributed by atoms with E-state index in [1.807, 2.05) is 43.3 Å².